The van der Waals surface area contributed by atoms with Crippen LogP contribution in [0.25, 0.3) is 0 Å². The van der Waals surface area contributed by atoms with Crippen LogP contribution in [0.1, 0.15) is 445 Å². The number of ether oxygens (including phenoxy) is 3. The predicted molar refractivity (Wildman–Crippen MR) is 363 cm³/mol. The third-order valence-corrected chi connectivity index (χ3v) is 17.8. The van der Waals surface area contributed by atoms with Crippen LogP contribution in [0.15, 0.2) is 12.2 Å². The topological polar surface area (TPSA) is 78.9 Å². The average Bonchev–Trinajstić information content (AvgIpc) is 3.49. The van der Waals surface area contributed by atoms with Gasteiger partial charge in [-0.15, -0.1) is 0 Å². The third kappa shape index (κ3) is 70.8. The molecule has 0 amide bonds. The summed E-state index contributed by atoms with van der Waals surface area (Å²) >= 11 is 0. The van der Waals surface area contributed by atoms with E-state index in [-0.39, 0.29) is 31.1 Å². The number of carbonyl (C=O) groups excluding carboxylic acids is 3. The molecule has 1 unspecified atom stereocenters. The van der Waals surface area contributed by atoms with E-state index in [1.807, 2.05) is 0 Å². The summed E-state index contributed by atoms with van der Waals surface area (Å²) in [6.07, 6.45) is 88.7. The minimum atomic E-state index is -0.769. The molecule has 0 aliphatic heterocycles. The number of carbonyl (C=O) groups is 3. The van der Waals surface area contributed by atoms with E-state index in [1.165, 1.54) is 334 Å². The van der Waals surface area contributed by atoms with Gasteiger partial charge in [0.15, 0.2) is 6.10 Å². The van der Waals surface area contributed by atoms with Crippen molar-refractivity contribution in [3.63, 3.8) is 0 Å². The highest BCUT2D eigenvalue weighted by molar-refractivity contribution is 5.71. The molecule has 0 aliphatic carbocycles. The van der Waals surface area contributed by atoms with Crippen LogP contribution in [0.2, 0.25) is 0 Å². The largest absolute Gasteiger partial charge is 0.462 e. The van der Waals surface area contributed by atoms with E-state index in [1.54, 1.807) is 0 Å². The Bertz CT molecular complexity index is 1300. The molecule has 0 saturated carbocycles. The summed E-state index contributed by atoms with van der Waals surface area (Å²) < 4.78 is 17.0. The van der Waals surface area contributed by atoms with Gasteiger partial charge < -0.3 is 14.2 Å². The van der Waals surface area contributed by atoms with E-state index < -0.39 is 6.10 Å². The van der Waals surface area contributed by atoms with Gasteiger partial charge in [0.2, 0.25) is 0 Å². The molecule has 83 heavy (non-hydrogen) atoms. The number of hydrogen-bond acceptors (Lipinski definition) is 6. The second-order valence-corrected chi connectivity index (χ2v) is 26.3. The quantitative estimate of drug-likeness (QED) is 0.0261. The molecular formula is C77H148O6. The van der Waals surface area contributed by atoms with Crippen LogP contribution in [-0.2, 0) is 28.6 Å². The van der Waals surface area contributed by atoms with E-state index in [4.69, 9.17) is 14.2 Å². The zero-order valence-electron chi connectivity index (χ0n) is 56.8. The Hall–Kier alpha value is -1.85. The molecule has 0 fully saturated rings. The van der Waals surface area contributed by atoms with Crippen molar-refractivity contribution >= 4 is 17.9 Å². The lowest BCUT2D eigenvalue weighted by Crippen LogP contribution is -2.30. The molecule has 0 N–H and O–H groups in total. The average molecular weight is 1170 g/mol. The molecule has 6 heteroatoms. The number of unbranched alkanes of at least 4 members (excludes halogenated alkanes) is 59. The Morgan fingerprint density at radius 3 is 0.651 bits per heavy atom. The Balaban J connectivity index is 3.99. The molecule has 0 aromatic carbocycles. The van der Waals surface area contributed by atoms with Crippen LogP contribution in [0.3, 0.4) is 0 Å². The highest BCUT2D eigenvalue weighted by atomic mass is 16.6. The number of hydrogen-bond donors (Lipinski definition) is 0. The summed E-state index contributed by atoms with van der Waals surface area (Å²) in [6, 6.07) is 0. The molecule has 0 radical (unpaired) electrons. The predicted octanol–water partition coefficient (Wildman–Crippen LogP) is 26.3. The lowest BCUT2D eigenvalue weighted by molar-refractivity contribution is -0.167. The first-order valence-electron chi connectivity index (χ1n) is 38.2. The summed E-state index contributed by atoms with van der Waals surface area (Å²) in [5, 5.41) is 0. The van der Waals surface area contributed by atoms with Gasteiger partial charge >= 0.3 is 17.9 Å². The van der Waals surface area contributed by atoms with Crippen molar-refractivity contribution in [1.82, 2.24) is 0 Å². The normalized spacial score (nSPS) is 12.0. The molecule has 0 spiro atoms. The maximum absolute atomic E-state index is 12.9. The second-order valence-electron chi connectivity index (χ2n) is 26.3. The second kappa shape index (κ2) is 72.6. The van der Waals surface area contributed by atoms with E-state index in [2.05, 4.69) is 32.9 Å². The van der Waals surface area contributed by atoms with Crippen molar-refractivity contribution in [2.24, 2.45) is 0 Å². The maximum Gasteiger partial charge on any atom is 0.306 e. The molecule has 1 atom stereocenters. The van der Waals surface area contributed by atoms with Crippen LogP contribution in [0, 0.1) is 0 Å². The first-order chi connectivity index (χ1) is 41.0. The van der Waals surface area contributed by atoms with Gasteiger partial charge in [0, 0.05) is 19.3 Å². The SMILES string of the molecule is CCC/C=C\CCCCCCCC(=O)OCC(COC(=O)CCCCCCCCCCCCCCCCCCCCCCCCCCCCCCCCCCCCC)OC(=O)CCCCCCCCCCCCCCCCCCCCCC. The first-order valence-corrected chi connectivity index (χ1v) is 38.2. The molecule has 492 valence electrons. The molecular weight excluding hydrogens is 1020 g/mol. The standard InChI is InChI=1S/C77H148O6/c1-4-7-10-13-16-19-22-24-26-28-30-32-33-34-35-36-37-38-39-40-41-42-43-44-45-46-48-49-51-53-55-58-61-64-67-70-76(79)82-73-74(72-81-75(78)69-66-63-60-57-21-18-15-12-9-6-3)83-77(80)71-68-65-62-59-56-54-52-50-47-31-29-27-25-23-20-17-14-11-8-5-2/h12,15,74H,4-11,13-14,16-73H2,1-3H3/b15-12-. The van der Waals surface area contributed by atoms with Gasteiger partial charge in [-0.25, -0.2) is 0 Å². The van der Waals surface area contributed by atoms with Crippen molar-refractivity contribution in [2.75, 3.05) is 13.2 Å². The molecule has 0 rings (SSSR count). The Morgan fingerprint density at radius 1 is 0.229 bits per heavy atom. The van der Waals surface area contributed by atoms with Gasteiger partial charge in [-0.05, 0) is 38.5 Å². The number of esters is 3. The highest BCUT2D eigenvalue weighted by Gasteiger charge is 2.20. The van der Waals surface area contributed by atoms with Gasteiger partial charge in [-0.1, -0.05) is 399 Å². The van der Waals surface area contributed by atoms with Gasteiger partial charge in [0.25, 0.3) is 0 Å². The van der Waals surface area contributed by atoms with Gasteiger partial charge in [-0.3, -0.25) is 14.4 Å². The summed E-state index contributed by atoms with van der Waals surface area (Å²) in [5.74, 6) is -0.843. The van der Waals surface area contributed by atoms with E-state index in [9.17, 15) is 14.4 Å². The van der Waals surface area contributed by atoms with Crippen LogP contribution in [0.5, 0.6) is 0 Å². The van der Waals surface area contributed by atoms with Gasteiger partial charge in [0.1, 0.15) is 13.2 Å². The smallest absolute Gasteiger partial charge is 0.306 e. The summed E-state index contributed by atoms with van der Waals surface area (Å²) in [7, 11) is 0. The van der Waals surface area contributed by atoms with Crippen LogP contribution < -0.4 is 0 Å². The van der Waals surface area contributed by atoms with E-state index in [0.29, 0.717) is 19.3 Å². The molecule has 0 aromatic heterocycles. The van der Waals surface area contributed by atoms with Gasteiger partial charge in [-0.2, -0.15) is 0 Å². The monoisotopic (exact) mass is 1170 g/mol. The Kier molecular flexibility index (Phi) is 71.0. The minimum Gasteiger partial charge on any atom is -0.462 e. The molecule has 6 nitrogen and oxygen atoms in total. The summed E-state index contributed by atoms with van der Waals surface area (Å²) in [4.78, 5) is 38.3. The molecule has 0 heterocycles. The van der Waals surface area contributed by atoms with Crippen molar-refractivity contribution in [1.29, 1.82) is 0 Å². The summed E-state index contributed by atoms with van der Waals surface area (Å²) in [6.45, 7) is 6.67. The Labute approximate surface area is 520 Å². The van der Waals surface area contributed by atoms with Crippen molar-refractivity contribution < 1.29 is 28.6 Å². The maximum atomic E-state index is 12.9. The highest BCUT2D eigenvalue weighted by Crippen LogP contribution is 2.20. The zero-order chi connectivity index (χ0) is 59.9. The van der Waals surface area contributed by atoms with Crippen molar-refractivity contribution in [2.45, 2.75) is 451 Å². The van der Waals surface area contributed by atoms with E-state index >= 15 is 0 Å². The fraction of sp³-hybridized carbons (Fsp3) is 0.935. The van der Waals surface area contributed by atoms with Gasteiger partial charge in [0.05, 0.1) is 0 Å². The number of allylic oxidation sites excluding steroid dienone is 2. The summed E-state index contributed by atoms with van der Waals surface area (Å²) in [5.41, 5.74) is 0. The number of rotatable bonds is 72. The van der Waals surface area contributed by atoms with Crippen LogP contribution >= 0.6 is 0 Å². The molecule has 0 aromatic rings. The minimum absolute atomic E-state index is 0.0660. The lowest BCUT2D eigenvalue weighted by atomic mass is 10.0. The van der Waals surface area contributed by atoms with Crippen molar-refractivity contribution in [3.8, 4) is 0 Å². The lowest BCUT2D eigenvalue weighted by Gasteiger charge is -2.18. The fourth-order valence-corrected chi connectivity index (χ4v) is 12.0. The fourth-order valence-electron chi connectivity index (χ4n) is 12.0. The zero-order valence-corrected chi connectivity index (χ0v) is 56.8. The van der Waals surface area contributed by atoms with E-state index in [0.717, 1.165) is 70.6 Å². The van der Waals surface area contributed by atoms with Crippen LogP contribution in [0.4, 0.5) is 0 Å². The molecule has 0 bridgehead atoms. The third-order valence-electron chi connectivity index (χ3n) is 17.8. The van der Waals surface area contributed by atoms with Crippen molar-refractivity contribution in [3.05, 3.63) is 12.2 Å². The van der Waals surface area contributed by atoms with Crippen LogP contribution in [-0.4, -0.2) is 37.2 Å². The molecule has 0 saturated heterocycles. The Morgan fingerprint density at radius 2 is 0.422 bits per heavy atom. The first kappa shape index (κ1) is 81.2. The molecule has 0 aliphatic rings.